The average Bonchev–Trinajstić information content (AvgIpc) is 3.10. The van der Waals surface area contributed by atoms with Gasteiger partial charge in [-0.2, -0.15) is 0 Å². The van der Waals surface area contributed by atoms with Gasteiger partial charge < -0.3 is 4.90 Å². The van der Waals surface area contributed by atoms with E-state index in [0.717, 1.165) is 48.8 Å². The molecule has 146 valence electrons. The molecule has 2 heterocycles. The third kappa shape index (κ3) is 4.10. The highest BCUT2D eigenvalue weighted by molar-refractivity contribution is 7.18. The van der Waals surface area contributed by atoms with E-state index < -0.39 is 0 Å². The topological polar surface area (TPSA) is 36.4 Å². The van der Waals surface area contributed by atoms with Crippen LogP contribution in [0, 0.1) is 0 Å². The maximum Gasteiger partial charge on any atom is 0.253 e. The maximum absolute atomic E-state index is 12.8. The Bertz CT molecular complexity index is 930. The number of amides is 1. The molecule has 0 atom stereocenters. The molecule has 0 spiro atoms. The zero-order valence-electron chi connectivity index (χ0n) is 16.8. The first-order valence-corrected chi connectivity index (χ1v) is 10.7. The Morgan fingerprint density at radius 1 is 1.00 bits per heavy atom. The number of nitrogens with zero attached hydrogens (tertiary/aromatic N) is 3. The Hall–Kier alpha value is -2.24. The van der Waals surface area contributed by atoms with Crippen molar-refractivity contribution in [1.82, 2.24) is 14.8 Å². The second-order valence-corrected chi connectivity index (χ2v) is 9.59. The van der Waals surface area contributed by atoms with E-state index in [-0.39, 0.29) is 11.3 Å². The van der Waals surface area contributed by atoms with Gasteiger partial charge in [0.2, 0.25) is 0 Å². The minimum absolute atomic E-state index is 0.105. The molecule has 3 aromatic rings. The maximum atomic E-state index is 12.8. The summed E-state index contributed by atoms with van der Waals surface area (Å²) in [5, 5.41) is 1.15. The van der Waals surface area contributed by atoms with E-state index in [1.54, 1.807) is 11.3 Å². The molecule has 1 aliphatic rings. The molecule has 0 aliphatic carbocycles. The quantitative estimate of drug-likeness (QED) is 0.655. The number of piperazine rings is 1. The Balaban J connectivity index is 1.35. The van der Waals surface area contributed by atoms with E-state index in [1.165, 1.54) is 10.3 Å². The first kappa shape index (κ1) is 19.1. The average molecular weight is 394 g/mol. The number of para-hydroxylation sites is 1. The van der Waals surface area contributed by atoms with Crippen LogP contribution in [0.15, 0.2) is 48.5 Å². The Morgan fingerprint density at radius 3 is 2.32 bits per heavy atom. The molecule has 5 heteroatoms. The Morgan fingerprint density at radius 2 is 1.68 bits per heavy atom. The second-order valence-electron chi connectivity index (χ2n) is 8.47. The minimum Gasteiger partial charge on any atom is -0.336 e. The molecule has 1 amide bonds. The number of aromatic nitrogens is 1. The monoisotopic (exact) mass is 393 g/mol. The van der Waals surface area contributed by atoms with E-state index in [1.807, 2.05) is 23.1 Å². The van der Waals surface area contributed by atoms with Crippen molar-refractivity contribution in [3.05, 3.63) is 64.7 Å². The number of thiazole rings is 1. The highest BCUT2D eigenvalue weighted by Gasteiger charge is 2.23. The van der Waals surface area contributed by atoms with Crippen molar-refractivity contribution in [2.45, 2.75) is 32.7 Å². The fourth-order valence-corrected chi connectivity index (χ4v) is 4.59. The molecule has 2 aromatic carbocycles. The van der Waals surface area contributed by atoms with Crippen molar-refractivity contribution >= 4 is 27.5 Å². The van der Waals surface area contributed by atoms with Crippen molar-refractivity contribution in [2.24, 2.45) is 0 Å². The molecule has 1 aromatic heterocycles. The highest BCUT2D eigenvalue weighted by Crippen LogP contribution is 2.24. The summed E-state index contributed by atoms with van der Waals surface area (Å²) < 4.78 is 1.24. The first-order chi connectivity index (χ1) is 13.4. The molecule has 0 N–H and O–H groups in total. The van der Waals surface area contributed by atoms with Gasteiger partial charge in [-0.25, -0.2) is 4.98 Å². The molecule has 28 heavy (non-hydrogen) atoms. The first-order valence-electron chi connectivity index (χ1n) is 9.87. The van der Waals surface area contributed by atoms with Crippen LogP contribution in [0.1, 0.15) is 41.7 Å². The van der Waals surface area contributed by atoms with Crippen molar-refractivity contribution < 1.29 is 4.79 Å². The van der Waals surface area contributed by atoms with Gasteiger partial charge in [0.15, 0.2) is 0 Å². The van der Waals surface area contributed by atoms with E-state index in [0.29, 0.717) is 0 Å². The van der Waals surface area contributed by atoms with Gasteiger partial charge in [0.05, 0.1) is 16.8 Å². The molecular formula is C23H27N3OS. The largest absolute Gasteiger partial charge is 0.336 e. The molecule has 1 saturated heterocycles. The van der Waals surface area contributed by atoms with Crippen LogP contribution in [-0.4, -0.2) is 46.9 Å². The predicted octanol–water partition coefficient (Wildman–Crippen LogP) is 4.55. The van der Waals surface area contributed by atoms with Gasteiger partial charge in [-0.3, -0.25) is 9.69 Å². The summed E-state index contributed by atoms with van der Waals surface area (Å²) in [7, 11) is 0. The van der Waals surface area contributed by atoms with Gasteiger partial charge in [0.25, 0.3) is 5.91 Å². The van der Waals surface area contributed by atoms with E-state index in [2.05, 4.69) is 56.0 Å². The molecule has 0 radical (unpaired) electrons. The Labute approximate surface area is 170 Å². The van der Waals surface area contributed by atoms with Gasteiger partial charge in [0.1, 0.15) is 5.01 Å². The van der Waals surface area contributed by atoms with Crippen LogP contribution in [0.4, 0.5) is 0 Å². The summed E-state index contributed by atoms with van der Waals surface area (Å²) in [6.07, 6.45) is 0. The van der Waals surface area contributed by atoms with Gasteiger partial charge in [-0.05, 0) is 35.2 Å². The zero-order valence-corrected chi connectivity index (χ0v) is 17.6. The van der Waals surface area contributed by atoms with Crippen molar-refractivity contribution in [3.63, 3.8) is 0 Å². The van der Waals surface area contributed by atoms with Gasteiger partial charge in [0, 0.05) is 31.7 Å². The number of carbonyl (C=O) groups excluding carboxylic acids is 1. The number of hydrogen-bond donors (Lipinski definition) is 0. The van der Waals surface area contributed by atoms with Crippen LogP contribution < -0.4 is 0 Å². The normalized spacial score (nSPS) is 15.9. The van der Waals surface area contributed by atoms with Crippen LogP contribution >= 0.6 is 11.3 Å². The number of benzene rings is 2. The lowest BCUT2D eigenvalue weighted by atomic mass is 9.86. The summed E-state index contributed by atoms with van der Waals surface area (Å²) in [6.45, 7) is 10.7. The van der Waals surface area contributed by atoms with Crippen molar-refractivity contribution in [2.75, 3.05) is 26.2 Å². The molecule has 0 saturated carbocycles. The lowest BCUT2D eigenvalue weighted by Gasteiger charge is -2.34. The van der Waals surface area contributed by atoms with Crippen molar-refractivity contribution in [3.8, 4) is 0 Å². The van der Waals surface area contributed by atoms with E-state index >= 15 is 0 Å². The van der Waals surface area contributed by atoms with Crippen LogP contribution in [0.2, 0.25) is 0 Å². The molecule has 1 aliphatic heterocycles. The van der Waals surface area contributed by atoms with Crippen LogP contribution in [-0.2, 0) is 12.0 Å². The van der Waals surface area contributed by atoms with Crippen LogP contribution in [0.25, 0.3) is 10.2 Å². The van der Waals surface area contributed by atoms with Gasteiger partial charge >= 0.3 is 0 Å². The van der Waals surface area contributed by atoms with Gasteiger partial charge in [-0.15, -0.1) is 11.3 Å². The van der Waals surface area contributed by atoms with Crippen LogP contribution in [0.5, 0.6) is 0 Å². The molecule has 0 unspecified atom stereocenters. The summed E-state index contributed by atoms with van der Waals surface area (Å²) in [4.78, 5) is 21.9. The molecule has 0 bridgehead atoms. The van der Waals surface area contributed by atoms with E-state index in [9.17, 15) is 4.79 Å². The third-order valence-electron chi connectivity index (χ3n) is 5.35. The molecular weight excluding hydrogens is 366 g/mol. The van der Waals surface area contributed by atoms with E-state index in [4.69, 9.17) is 4.98 Å². The lowest BCUT2D eigenvalue weighted by molar-refractivity contribution is 0.0628. The van der Waals surface area contributed by atoms with Crippen molar-refractivity contribution in [1.29, 1.82) is 0 Å². The van der Waals surface area contributed by atoms with Gasteiger partial charge in [-0.1, -0.05) is 45.0 Å². The summed E-state index contributed by atoms with van der Waals surface area (Å²) in [5.41, 5.74) is 3.22. The number of carbonyl (C=O) groups is 1. The zero-order chi connectivity index (χ0) is 19.7. The standard InChI is InChI=1S/C23H27N3OS/c1-23(2,3)18-10-8-17(9-11-18)22(27)26-14-12-25(13-15-26)16-21-24-19-6-4-5-7-20(19)28-21/h4-11H,12-16H2,1-3H3. The SMILES string of the molecule is CC(C)(C)c1ccc(C(=O)N2CCN(Cc3nc4ccccc4s3)CC2)cc1. The highest BCUT2D eigenvalue weighted by atomic mass is 32.1. The fourth-order valence-electron chi connectivity index (χ4n) is 3.58. The second kappa shape index (κ2) is 7.64. The molecule has 4 nitrogen and oxygen atoms in total. The number of hydrogen-bond acceptors (Lipinski definition) is 4. The third-order valence-corrected chi connectivity index (χ3v) is 6.38. The van der Waals surface area contributed by atoms with Crippen LogP contribution in [0.3, 0.4) is 0 Å². The lowest BCUT2D eigenvalue weighted by Crippen LogP contribution is -2.48. The summed E-state index contributed by atoms with van der Waals surface area (Å²) >= 11 is 1.76. The summed E-state index contributed by atoms with van der Waals surface area (Å²) in [5.74, 6) is 0.139. The number of fused-ring (bicyclic) bond motifs is 1. The minimum atomic E-state index is 0.105. The summed E-state index contributed by atoms with van der Waals surface area (Å²) in [6, 6.07) is 16.4. The molecule has 1 fully saturated rings. The molecule has 4 rings (SSSR count). The predicted molar refractivity (Wildman–Crippen MR) is 116 cm³/mol. The Kier molecular flexibility index (Phi) is 5.21. The smallest absolute Gasteiger partial charge is 0.253 e. The fraction of sp³-hybridized carbons (Fsp3) is 0.391. The number of rotatable bonds is 3.